The van der Waals surface area contributed by atoms with E-state index in [0.717, 1.165) is 17.0 Å². The average molecular weight is 213 g/mol. The highest BCUT2D eigenvalue weighted by atomic mass is 32.1. The zero-order valence-corrected chi connectivity index (χ0v) is 10.1. The van der Waals surface area contributed by atoms with E-state index in [1.165, 1.54) is 11.5 Å². The highest BCUT2D eigenvalue weighted by molar-refractivity contribution is 7.10. The molecule has 0 aromatic carbocycles. The number of nitrogens with one attached hydrogen (secondary N) is 1. The molecule has 0 spiro atoms. The molecule has 3 nitrogen and oxygen atoms in total. The van der Waals surface area contributed by atoms with Crippen LogP contribution in [0.15, 0.2) is 0 Å². The molecule has 3 N–H and O–H groups in total. The van der Waals surface area contributed by atoms with Gasteiger partial charge in [-0.2, -0.15) is 4.37 Å². The van der Waals surface area contributed by atoms with E-state index in [0.29, 0.717) is 17.8 Å². The van der Waals surface area contributed by atoms with Gasteiger partial charge in [-0.15, -0.1) is 0 Å². The van der Waals surface area contributed by atoms with E-state index in [4.69, 9.17) is 5.73 Å². The summed E-state index contributed by atoms with van der Waals surface area (Å²) in [6.07, 6.45) is 1.16. The second-order valence-electron chi connectivity index (χ2n) is 4.20. The number of hydrogen-bond donors (Lipinski definition) is 2. The van der Waals surface area contributed by atoms with Gasteiger partial charge in [-0.05, 0) is 37.7 Å². The first kappa shape index (κ1) is 11.3. The SMILES string of the molecule is Cc1c(N)nsc1NC(C)CC(C)C. The van der Waals surface area contributed by atoms with Gasteiger partial charge in [0.25, 0.3) is 0 Å². The quantitative estimate of drug-likeness (QED) is 0.808. The van der Waals surface area contributed by atoms with Crippen LogP contribution < -0.4 is 11.1 Å². The van der Waals surface area contributed by atoms with E-state index in [2.05, 4.69) is 30.5 Å². The van der Waals surface area contributed by atoms with E-state index in [9.17, 15) is 0 Å². The Labute approximate surface area is 89.9 Å². The van der Waals surface area contributed by atoms with Crippen molar-refractivity contribution in [3.8, 4) is 0 Å². The molecule has 0 aliphatic carbocycles. The lowest BCUT2D eigenvalue weighted by molar-refractivity contribution is 0.540. The lowest BCUT2D eigenvalue weighted by atomic mass is 10.1. The molecule has 0 bridgehead atoms. The Balaban J connectivity index is 2.56. The van der Waals surface area contributed by atoms with Crippen molar-refractivity contribution in [2.45, 2.75) is 40.2 Å². The second-order valence-corrected chi connectivity index (χ2v) is 4.97. The molecule has 0 saturated carbocycles. The Morgan fingerprint density at radius 2 is 2.07 bits per heavy atom. The van der Waals surface area contributed by atoms with Gasteiger partial charge in [0.05, 0.1) is 0 Å². The number of anilines is 2. The standard InChI is InChI=1S/C10H19N3S/c1-6(2)5-7(3)12-10-8(4)9(11)13-14-10/h6-7,12H,5H2,1-4H3,(H2,11,13). The predicted molar refractivity (Wildman–Crippen MR) is 63.8 cm³/mol. The van der Waals surface area contributed by atoms with Gasteiger partial charge in [0.15, 0.2) is 0 Å². The van der Waals surface area contributed by atoms with Gasteiger partial charge in [-0.1, -0.05) is 13.8 Å². The van der Waals surface area contributed by atoms with Crippen LogP contribution in [0.2, 0.25) is 0 Å². The van der Waals surface area contributed by atoms with Gasteiger partial charge in [-0.3, -0.25) is 0 Å². The lowest BCUT2D eigenvalue weighted by Crippen LogP contribution is -2.17. The van der Waals surface area contributed by atoms with Crippen LogP contribution in [0.4, 0.5) is 10.8 Å². The molecule has 0 fully saturated rings. The zero-order valence-electron chi connectivity index (χ0n) is 9.29. The van der Waals surface area contributed by atoms with Gasteiger partial charge in [-0.25, -0.2) is 0 Å². The van der Waals surface area contributed by atoms with E-state index in [1.807, 2.05) is 6.92 Å². The molecule has 14 heavy (non-hydrogen) atoms. The first-order valence-corrected chi connectivity index (χ1v) is 5.76. The number of nitrogen functional groups attached to an aromatic ring is 1. The van der Waals surface area contributed by atoms with Crippen molar-refractivity contribution >= 4 is 22.4 Å². The summed E-state index contributed by atoms with van der Waals surface area (Å²) in [4.78, 5) is 0. The topological polar surface area (TPSA) is 50.9 Å². The third-order valence-electron chi connectivity index (χ3n) is 2.16. The second kappa shape index (κ2) is 4.64. The summed E-state index contributed by atoms with van der Waals surface area (Å²) in [5.41, 5.74) is 6.75. The molecule has 1 atom stereocenters. The van der Waals surface area contributed by atoms with Gasteiger partial charge in [0.1, 0.15) is 10.8 Å². The fourth-order valence-electron chi connectivity index (χ4n) is 1.47. The highest BCUT2D eigenvalue weighted by Crippen LogP contribution is 2.26. The van der Waals surface area contributed by atoms with Crippen LogP contribution >= 0.6 is 11.5 Å². The van der Waals surface area contributed by atoms with Crippen LogP contribution in [0.3, 0.4) is 0 Å². The molecule has 0 aliphatic heterocycles. The van der Waals surface area contributed by atoms with Crippen molar-refractivity contribution < 1.29 is 0 Å². The van der Waals surface area contributed by atoms with Crippen molar-refractivity contribution in [1.82, 2.24) is 4.37 Å². The molecule has 0 saturated heterocycles. The molecule has 0 radical (unpaired) electrons. The predicted octanol–water partition coefficient (Wildman–Crippen LogP) is 2.88. The first-order chi connectivity index (χ1) is 6.50. The maximum absolute atomic E-state index is 5.68. The fraction of sp³-hybridized carbons (Fsp3) is 0.700. The van der Waals surface area contributed by atoms with E-state index in [-0.39, 0.29) is 0 Å². The maximum atomic E-state index is 5.68. The minimum atomic E-state index is 0.480. The maximum Gasteiger partial charge on any atom is 0.142 e. The monoisotopic (exact) mass is 213 g/mol. The third-order valence-corrected chi connectivity index (χ3v) is 3.06. The molecule has 1 aromatic heterocycles. The van der Waals surface area contributed by atoms with Crippen molar-refractivity contribution in [3.05, 3.63) is 5.56 Å². The fourth-order valence-corrected chi connectivity index (χ4v) is 2.29. The van der Waals surface area contributed by atoms with Gasteiger partial charge >= 0.3 is 0 Å². The summed E-state index contributed by atoms with van der Waals surface area (Å²) < 4.78 is 4.11. The van der Waals surface area contributed by atoms with Crippen molar-refractivity contribution in [1.29, 1.82) is 0 Å². The van der Waals surface area contributed by atoms with Gasteiger partial charge in [0.2, 0.25) is 0 Å². The van der Waals surface area contributed by atoms with Crippen LogP contribution in [0.25, 0.3) is 0 Å². The largest absolute Gasteiger partial charge is 0.383 e. The van der Waals surface area contributed by atoms with Crippen LogP contribution in [0.5, 0.6) is 0 Å². The summed E-state index contributed by atoms with van der Waals surface area (Å²) in [7, 11) is 0. The molecule has 0 aliphatic rings. The molecule has 0 amide bonds. The van der Waals surface area contributed by atoms with Gasteiger partial charge in [0, 0.05) is 11.6 Å². The van der Waals surface area contributed by atoms with Crippen LogP contribution in [0.1, 0.15) is 32.8 Å². The minimum Gasteiger partial charge on any atom is -0.383 e. The van der Waals surface area contributed by atoms with Crippen LogP contribution in [0, 0.1) is 12.8 Å². The molecule has 4 heteroatoms. The van der Waals surface area contributed by atoms with E-state index < -0.39 is 0 Å². The molecular formula is C10H19N3S. The molecule has 1 rings (SSSR count). The third kappa shape index (κ3) is 2.87. The molecule has 1 heterocycles. The zero-order chi connectivity index (χ0) is 10.7. The minimum absolute atomic E-state index is 0.480. The summed E-state index contributed by atoms with van der Waals surface area (Å²) in [5.74, 6) is 1.36. The van der Waals surface area contributed by atoms with Crippen molar-refractivity contribution in [3.63, 3.8) is 0 Å². The summed E-state index contributed by atoms with van der Waals surface area (Å²) in [6, 6.07) is 0.480. The molecule has 1 unspecified atom stereocenters. The normalized spacial score (nSPS) is 13.2. The van der Waals surface area contributed by atoms with Crippen LogP contribution in [-0.4, -0.2) is 10.4 Å². The lowest BCUT2D eigenvalue weighted by Gasteiger charge is -2.15. The number of rotatable bonds is 4. The Morgan fingerprint density at radius 1 is 1.43 bits per heavy atom. The van der Waals surface area contributed by atoms with Gasteiger partial charge < -0.3 is 11.1 Å². The molecule has 1 aromatic rings. The van der Waals surface area contributed by atoms with E-state index in [1.54, 1.807) is 0 Å². The first-order valence-electron chi connectivity index (χ1n) is 4.99. The summed E-state index contributed by atoms with van der Waals surface area (Å²) >= 11 is 1.45. The number of nitrogens with two attached hydrogens (primary N) is 1. The molecular weight excluding hydrogens is 194 g/mol. The number of hydrogen-bond acceptors (Lipinski definition) is 4. The van der Waals surface area contributed by atoms with Crippen molar-refractivity contribution in [2.24, 2.45) is 5.92 Å². The Bertz CT molecular complexity index is 294. The number of nitrogens with zero attached hydrogens (tertiary/aromatic N) is 1. The number of aromatic nitrogens is 1. The molecule has 80 valence electrons. The Kier molecular flexibility index (Phi) is 3.75. The average Bonchev–Trinajstić information content (AvgIpc) is 2.34. The highest BCUT2D eigenvalue weighted by Gasteiger charge is 2.10. The van der Waals surface area contributed by atoms with Crippen molar-refractivity contribution in [2.75, 3.05) is 11.1 Å². The summed E-state index contributed by atoms with van der Waals surface area (Å²) in [6.45, 7) is 8.65. The smallest absolute Gasteiger partial charge is 0.142 e. The van der Waals surface area contributed by atoms with E-state index >= 15 is 0 Å². The Morgan fingerprint density at radius 3 is 2.50 bits per heavy atom. The van der Waals surface area contributed by atoms with Crippen LogP contribution in [-0.2, 0) is 0 Å². The Hall–Kier alpha value is -0.770. The summed E-state index contributed by atoms with van der Waals surface area (Å²) in [5, 5.41) is 4.55.